The molecule has 0 saturated carbocycles. The van der Waals surface area contributed by atoms with Gasteiger partial charge in [0, 0.05) is 41.6 Å². The molecular formula is C55H51N2+. The maximum absolute atomic E-state index is 2.39. The third-order valence-corrected chi connectivity index (χ3v) is 11.8. The molecule has 0 amide bonds. The van der Waals surface area contributed by atoms with Gasteiger partial charge in [-0.15, -0.1) is 0 Å². The van der Waals surface area contributed by atoms with Crippen molar-refractivity contribution in [3.63, 3.8) is 0 Å². The van der Waals surface area contributed by atoms with Crippen molar-refractivity contribution in [3.05, 3.63) is 264 Å². The van der Waals surface area contributed by atoms with Crippen molar-refractivity contribution in [2.75, 3.05) is 19.0 Å². The van der Waals surface area contributed by atoms with Crippen molar-refractivity contribution in [3.8, 4) is 0 Å². The van der Waals surface area contributed by atoms with Gasteiger partial charge < -0.3 is 4.90 Å². The van der Waals surface area contributed by atoms with Crippen LogP contribution >= 0.6 is 0 Å². The highest BCUT2D eigenvalue weighted by Gasteiger charge is 2.50. The van der Waals surface area contributed by atoms with Crippen molar-refractivity contribution in [2.24, 2.45) is 0 Å². The summed E-state index contributed by atoms with van der Waals surface area (Å²) in [7, 11) is 4.43. The zero-order valence-corrected chi connectivity index (χ0v) is 33.1. The fourth-order valence-corrected chi connectivity index (χ4v) is 9.32. The van der Waals surface area contributed by atoms with Crippen LogP contribution in [-0.2, 0) is 36.5 Å². The molecule has 2 aliphatic heterocycles. The van der Waals surface area contributed by atoms with Crippen LogP contribution < -0.4 is 4.90 Å². The van der Waals surface area contributed by atoms with E-state index in [0.29, 0.717) is 0 Å². The van der Waals surface area contributed by atoms with Gasteiger partial charge in [-0.05, 0) is 65.6 Å². The molecule has 2 nitrogen and oxygen atoms in total. The molecule has 2 aliphatic rings. The molecule has 0 unspecified atom stereocenters. The molecule has 0 atom stereocenters. The average Bonchev–Trinajstić information content (AvgIpc) is 3.61. The minimum Gasteiger partial charge on any atom is -0.347 e. The van der Waals surface area contributed by atoms with Gasteiger partial charge >= 0.3 is 0 Å². The Balaban J connectivity index is 1.05. The maximum Gasteiger partial charge on any atom is 0.209 e. The van der Waals surface area contributed by atoms with Crippen LogP contribution in [0.15, 0.2) is 230 Å². The van der Waals surface area contributed by atoms with Crippen molar-refractivity contribution in [2.45, 2.75) is 36.5 Å². The largest absolute Gasteiger partial charge is 0.347 e. The predicted molar refractivity (Wildman–Crippen MR) is 241 cm³/mol. The fourth-order valence-electron chi connectivity index (χ4n) is 9.32. The van der Waals surface area contributed by atoms with E-state index in [1.807, 2.05) is 0 Å². The van der Waals surface area contributed by atoms with Gasteiger partial charge in [-0.3, -0.25) is 0 Å². The number of anilines is 1. The van der Waals surface area contributed by atoms with Crippen LogP contribution in [0.1, 0.15) is 33.4 Å². The van der Waals surface area contributed by atoms with Crippen LogP contribution in [0.25, 0.3) is 0 Å². The van der Waals surface area contributed by atoms with Gasteiger partial charge in [0.2, 0.25) is 5.69 Å². The Bertz CT molecular complexity index is 2380. The Morgan fingerprint density at radius 1 is 0.439 bits per heavy atom. The lowest BCUT2D eigenvalue weighted by atomic mass is 9.69. The first-order valence-electron chi connectivity index (χ1n) is 20.2. The Labute approximate surface area is 339 Å². The normalized spacial score (nSPS) is 16.5. The first-order valence-corrected chi connectivity index (χ1v) is 20.2. The van der Waals surface area contributed by atoms with Crippen molar-refractivity contribution < 1.29 is 4.58 Å². The molecule has 2 heterocycles. The lowest BCUT2D eigenvalue weighted by molar-refractivity contribution is -0.401. The van der Waals surface area contributed by atoms with Crippen LogP contribution in [0.5, 0.6) is 0 Å². The Kier molecular flexibility index (Phi) is 11.2. The quantitative estimate of drug-likeness (QED) is 0.0844. The summed E-state index contributed by atoms with van der Waals surface area (Å²) in [6.45, 7) is 0. The van der Waals surface area contributed by atoms with Gasteiger partial charge in [0.05, 0.1) is 5.41 Å². The number of benzene rings is 6. The third-order valence-electron chi connectivity index (χ3n) is 11.8. The highest BCUT2D eigenvalue weighted by Crippen LogP contribution is 2.51. The van der Waals surface area contributed by atoms with E-state index in [9.17, 15) is 0 Å². The van der Waals surface area contributed by atoms with E-state index < -0.39 is 0 Å². The van der Waals surface area contributed by atoms with Crippen LogP contribution in [0, 0.1) is 0 Å². The van der Waals surface area contributed by atoms with Gasteiger partial charge in [0.15, 0.2) is 5.71 Å². The second kappa shape index (κ2) is 17.1. The van der Waals surface area contributed by atoms with E-state index in [-0.39, 0.29) is 10.8 Å². The Morgan fingerprint density at radius 3 is 1.37 bits per heavy atom. The molecule has 57 heavy (non-hydrogen) atoms. The van der Waals surface area contributed by atoms with Gasteiger partial charge in [-0.1, -0.05) is 200 Å². The van der Waals surface area contributed by atoms with E-state index in [2.05, 4.69) is 248 Å². The van der Waals surface area contributed by atoms with Crippen LogP contribution in [0.4, 0.5) is 11.4 Å². The van der Waals surface area contributed by atoms with E-state index in [1.54, 1.807) is 0 Å². The molecule has 0 spiro atoms. The molecule has 8 rings (SSSR count). The van der Waals surface area contributed by atoms with Gasteiger partial charge in [-0.25, -0.2) is 0 Å². The lowest BCUT2D eigenvalue weighted by Gasteiger charge is -2.33. The zero-order chi connectivity index (χ0) is 38.9. The molecule has 0 bridgehead atoms. The maximum atomic E-state index is 2.39. The predicted octanol–water partition coefficient (Wildman–Crippen LogP) is 12.1. The first kappa shape index (κ1) is 37.4. The lowest BCUT2D eigenvalue weighted by Crippen LogP contribution is -2.38. The van der Waals surface area contributed by atoms with Crippen LogP contribution in [0.3, 0.4) is 0 Å². The molecule has 0 fully saturated rings. The molecular weight excluding hydrogens is 689 g/mol. The Morgan fingerprint density at radius 2 is 0.842 bits per heavy atom. The topological polar surface area (TPSA) is 6.25 Å². The summed E-state index contributed by atoms with van der Waals surface area (Å²) in [5.41, 5.74) is 12.9. The first-order chi connectivity index (χ1) is 28.1. The standard InChI is InChI=1S/C55H51N2/c1-56-50-36-24-22-34-48(50)54(40-44-26-12-8-13-27-44,41-45-28-14-9-15-29-45)52(56)38-20-6-4-3-5-7-21-39-53-55(42-46-30-16-10-17-31-46,43-47-32-18-11-19-33-47)49-35-23-25-37-51(49)57(53)2/h3-39H,40-43H2,1-2H3/q+1. The summed E-state index contributed by atoms with van der Waals surface area (Å²) in [6, 6.07) is 61.6. The van der Waals surface area contributed by atoms with Gasteiger partial charge in [-0.2, -0.15) is 4.58 Å². The molecule has 280 valence electrons. The molecule has 6 aromatic carbocycles. The smallest absolute Gasteiger partial charge is 0.209 e. The third kappa shape index (κ3) is 7.82. The number of hydrogen-bond donors (Lipinski definition) is 0. The van der Waals surface area contributed by atoms with Crippen LogP contribution in [0.2, 0.25) is 0 Å². The number of hydrogen-bond acceptors (Lipinski definition) is 1. The number of para-hydroxylation sites is 2. The summed E-state index contributed by atoms with van der Waals surface area (Å²) in [5, 5.41) is 0. The van der Waals surface area contributed by atoms with Gasteiger partial charge in [0.25, 0.3) is 0 Å². The number of fused-ring (bicyclic) bond motifs is 2. The number of likely N-dealkylation sites (N-methyl/N-ethyl adjacent to an activating group) is 1. The molecule has 6 aromatic rings. The summed E-state index contributed by atoms with van der Waals surface area (Å²) >= 11 is 0. The molecule has 0 radical (unpaired) electrons. The van der Waals surface area contributed by atoms with E-state index in [1.165, 1.54) is 56.2 Å². The minimum absolute atomic E-state index is 0.201. The van der Waals surface area contributed by atoms with E-state index in [0.717, 1.165) is 25.7 Å². The second-order valence-corrected chi connectivity index (χ2v) is 15.4. The number of rotatable bonds is 13. The highest BCUT2D eigenvalue weighted by molar-refractivity contribution is 6.04. The average molecular weight is 740 g/mol. The molecule has 2 heteroatoms. The van der Waals surface area contributed by atoms with E-state index in [4.69, 9.17) is 0 Å². The second-order valence-electron chi connectivity index (χ2n) is 15.4. The molecule has 0 aliphatic carbocycles. The molecule has 0 saturated heterocycles. The van der Waals surface area contributed by atoms with E-state index >= 15 is 0 Å². The zero-order valence-electron chi connectivity index (χ0n) is 33.1. The number of nitrogens with zero attached hydrogens (tertiary/aromatic N) is 2. The van der Waals surface area contributed by atoms with Crippen LogP contribution in [-0.4, -0.2) is 24.4 Å². The number of allylic oxidation sites excluding steroid dienone is 10. The van der Waals surface area contributed by atoms with Crippen molar-refractivity contribution >= 4 is 17.1 Å². The SMILES string of the molecule is CN1C(=CC=CC=CC=CC=CC2=[N+](C)c3ccccc3C2(Cc2ccccc2)Cc2ccccc2)C(Cc2ccccc2)(Cc2ccccc2)c2ccccc21. The summed E-state index contributed by atoms with van der Waals surface area (Å²) in [6.07, 6.45) is 23.4. The minimum atomic E-state index is -0.201. The van der Waals surface area contributed by atoms with Crippen molar-refractivity contribution in [1.82, 2.24) is 0 Å². The molecule has 0 aromatic heterocycles. The summed E-state index contributed by atoms with van der Waals surface area (Å²) in [4.78, 5) is 2.39. The monoisotopic (exact) mass is 739 g/mol. The highest BCUT2D eigenvalue weighted by atomic mass is 15.2. The van der Waals surface area contributed by atoms with Gasteiger partial charge in [0.1, 0.15) is 7.05 Å². The van der Waals surface area contributed by atoms with Crippen molar-refractivity contribution in [1.29, 1.82) is 0 Å². The fraction of sp³-hybridized carbons (Fsp3) is 0.145. The summed E-state index contributed by atoms with van der Waals surface area (Å²) < 4.78 is 2.39. The summed E-state index contributed by atoms with van der Waals surface area (Å²) in [5.74, 6) is 0. The molecule has 0 N–H and O–H groups in total. The Hall–Kier alpha value is -6.51.